The lowest BCUT2D eigenvalue weighted by Crippen LogP contribution is -2.41. The summed E-state index contributed by atoms with van der Waals surface area (Å²) < 4.78 is 5.98. The normalized spacial score (nSPS) is 20.0. The Balaban J connectivity index is 2.25. The minimum atomic E-state index is -0.870. The first-order chi connectivity index (χ1) is 10.5. The van der Waals surface area contributed by atoms with Crippen LogP contribution >= 0.6 is 11.6 Å². The molecule has 2 atom stereocenters. The number of amides is 1. The van der Waals surface area contributed by atoms with Crippen LogP contribution in [0.5, 0.6) is 0 Å². The predicted octanol–water partition coefficient (Wildman–Crippen LogP) is 3.05. The van der Waals surface area contributed by atoms with E-state index in [0.29, 0.717) is 31.3 Å². The monoisotopic (exact) mass is 326 g/mol. The number of nitrogens with zero attached hydrogens (tertiary/aromatic N) is 1. The van der Waals surface area contributed by atoms with Gasteiger partial charge in [-0.25, -0.2) is 4.79 Å². The van der Waals surface area contributed by atoms with Gasteiger partial charge < -0.3 is 20.5 Å². The van der Waals surface area contributed by atoms with Gasteiger partial charge in [0.1, 0.15) is 0 Å². The molecule has 0 spiro atoms. The molecule has 122 valence electrons. The van der Waals surface area contributed by atoms with Gasteiger partial charge in [0.25, 0.3) is 0 Å². The van der Waals surface area contributed by atoms with Crippen molar-refractivity contribution in [3.05, 3.63) is 34.3 Å². The third-order valence-corrected chi connectivity index (χ3v) is 4.35. The summed E-state index contributed by atoms with van der Waals surface area (Å²) in [5.74, 6) is 0.119. The topological polar surface area (TPSA) is 75.8 Å². The van der Waals surface area contributed by atoms with Crippen molar-refractivity contribution in [2.45, 2.75) is 25.9 Å². The lowest BCUT2D eigenvalue weighted by Gasteiger charge is -2.36. The zero-order valence-electron chi connectivity index (χ0n) is 12.8. The first-order valence-electron chi connectivity index (χ1n) is 7.58. The van der Waals surface area contributed by atoms with Crippen LogP contribution in [0.3, 0.4) is 0 Å². The van der Waals surface area contributed by atoms with E-state index in [4.69, 9.17) is 22.1 Å². The fourth-order valence-corrected chi connectivity index (χ4v) is 3.20. The Kier molecular flexibility index (Phi) is 6.06. The fourth-order valence-electron chi connectivity index (χ4n) is 3.02. The first-order valence-corrected chi connectivity index (χ1v) is 7.96. The summed E-state index contributed by atoms with van der Waals surface area (Å²) in [5, 5.41) is 9.89. The van der Waals surface area contributed by atoms with Gasteiger partial charge in [0, 0.05) is 30.6 Å². The van der Waals surface area contributed by atoms with Crippen LogP contribution in [0.15, 0.2) is 18.2 Å². The van der Waals surface area contributed by atoms with Crippen LogP contribution in [0, 0.1) is 12.8 Å². The molecule has 2 rings (SSSR count). The van der Waals surface area contributed by atoms with Gasteiger partial charge in [0.2, 0.25) is 0 Å². The van der Waals surface area contributed by atoms with Crippen LogP contribution in [0.25, 0.3) is 0 Å². The van der Waals surface area contributed by atoms with E-state index >= 15 is 0 Å². The molecule has 6 heteroatoms. The molecule has 0 aromatic heterocycles. The van der Waals surface area contributed by atoms with E-state index in [0.717, 1.165) is 24.0 Å². The van der Waals surface area contributed by atoms with Crippen LogP contribution in [0.1, 0.15) is 30.1 Å². The average molecular weight is 327 g/mol. The summed E-state index contributed by atoms with van der Waals surface area (Å²) in [7, 11) is 0. The number of benzene rings is 1. The lowest BCUT2D eigenvalue weighted by atomic mass is 9.87. The number of ether oxygens (including phenoxy) is 1. The van der Waals surface area contributed by atoms with Crippen LogP contribution in [-0.2, 0) is 4.74 Å². The Labute approximate surface area is 136 Å². The van der Waals surface area contributed by atoms with E-state index in [1.165, 1.54) is 4.90 Å². The Bertz CT molecular complexity index is 524. The van der Waals surface area contributed by atoms with Crippen molar-refractivity contribution in [1.82, 2.24) is 4.90 Å². The average Bonchev–Trinajstić information content (AvgIpc) is 2.51. The smallest absolute Gasteiger partial charge is 0.407 e. The molecule has 1 saturated heterocycles. The predicted molar refractivity (Wildman–Crippen MR) is 86.3 cm³/mol. The molecule has 1 aromatic carbocycles. The van der Waals surface area contributed by atoms with E-state index in [9.17, 15) is 9.90 Å². The Hall–Kier alpha value is -1.30. The number of carbonyl (C=O) groups is 1. The van der Waals surface area contributed by atoms with E-state index < -0.39 is 6.09 Å². The molecule has 1 unspecified atom stereocenters. The fraction of sp³-hybridized carbons (Fsp3) is 0.562. The Morgan fingerprint density at radius 1 is 1.59 bits per heavy atom. The molecule has 0 radical (unpaired) electrons. The number of aryl methyl sites for hydroxylation is 1. The van der Waals surface area contributed by atoms with Gasteiger partial charge in [-0.1, -0.05) is 17.7 Å². The quantitative estimate of drug-likeness (QED) is 0.872. The molecule has 0 aliphatic carbocycles. The molecular formula is C16H23ClN2O3. The van der Waals surface area contributed by atoms with Crippen LogP contribution in [0.4, 0.5) is 4.79 Å². The summed E-state index contributed by atoms with van der Waals surface area (Å²) in [6, 6.07) is 5.73. The highest BCUT2D eigenvalue weighted by atomic mass is 35.5. The van der Waals surface area contributed by atoms with Gasteiger partial charge in [-0.05, 0) is 43.0 Å². The third kappa shape index (κ3) is 4.12. The summed E-state index contributed by atoms with van der Waals surface area (Å²) in [6.07, 6.45) is 0.735. The largest absolute Gasteiger partial charge is 0.465 e. The highest BCUT2D eigenvalue weighted by molar-refractivity contribution is 6.30. The number of hydrogen-bond acceptors (Lipinski definition) is 3. The molecule has 1 fully saturated rings. The third-order valence-electron chi connectivity index (χ3n) is 4.12. The second-order valence-corrected chi connectivity index (χ2v) is 6.15. The van der Waals surface area contributed by atoms with Crippen molar-refractivity contribution >= 4 is 17.7 Å². The van der Waals surface area contributed by atoms with Crippen LogP contribution < -0.4 is 5.73 Å². The van der Waals surface area contributed by atoms with Crippen LogP contribution in [-0.4, -0.2) is 42.3 Å². The van der Waals surface area contributed by atoms with Crippen molar-refractivity contribution in [2.24, 2.45) is 11.7 Å². The van der Waals surface area contributed by atoms with Gasteiger partial charge in [0.05, 0.1) is 12.7 Å². The Morgan fingerprint density at radius 2 is 2.36 bits per heavy atom. The SMILES string of the molecule is Cc1ccc(Cl)cc1[C@H](OCCN)C1CCCN(C(=O)O)C1. The summed E-state index contributed by atoms with van der Waals surface area (Å²) in [6.45, 7) is 3.97. The highest BCUT2D eigenvalue weighted by Crippen LogP contribution is 2.35. The molecule has 0 bridgehead atoms. The number of hydrogen-bond donors (Lipinski definition) is 2. The molecule has 5 nitrogen and oxygen atoms in total. The minimum absolute atomic E-state index is 0.119. The van der Waals surface area contributed by atoms with E-state index in [-0.39, 0.29) is 12.0 Å². The van der Waals surface area contributed by atoms with E-state index in [1.807, 2.05) is 25.1 Å². The molecule has 3 N–H and O–H groups in total. The molecule has 1 amide bonds. The van der Waals surface area contributed by atoms with Gasteiger partial charge in [-0.2, -0.15) is 0 Å². The number of likely N-dealkylation sites (tertiary alicyclic amines) is 1. The first kappa shape index (κ1) is 17.1. The molecular weight excluding hydrogens is 304 g/mol. The zero-order valence-corrected chi connectivity index (χ0v) is 13.6. The maximum absolute atomic E-state index is 11.2. The van der Waals surface area contributed by atoms with Crippen LogP contribution in [0.2, 0.25) is 5.02 Å². The molecule has 1 aromatic rings. The highest BCUT2D eigenvalue weighted by Gasteiger charge is 2.31. The zero-order chi connectivity index (χ0) is 16.1. The second kappa shape index (κ2) is 7.81. The maximum atomic E-state index is 11.2. The molecule has 0 saturated carbocycles. The number of halogens is 1. The number of nitrogens with two attached hydrogens (primary N) is 1. The number of rotatable bonds is 5. The summed E-state index contributed by atoms with van der Waals surface area (Å²) >= 11 is 6.13. The second-order valence-electron chi connectivity index (χ2n) is 5.71. The van der Waals surface area contributed by atoms with Crippen molar-refractivity contribution in [1.29, 1.82) is 0 Å². The molecule has 22 heavy (non-hydrogen) atoms. The van der Waals surface area contributed by atoms with E-state index in [1.54, 1.807) is 0 Å². The molecule has 1 aliphatic rings. The van der Waals surface area contributed by atoms with E-state index in [2.05, 4.69) is 0 Å². The Morgan fingerprint density at radius 3 is 3.05 bits per heavy atom. The number of piperidine rings is 1. The van der Waals surface area contributed by atoms with Crippen molar-refractivity contribution in [3.8, 4) is 0 Å². The minimum Gasteiger partial charge on any atom is -0.465 e. The maximum Gasteiger partial charge on any atom is 0.407 e. The van der Waals surface area contributed by atoms with Crippen molar-refractivity contribution in [2.75, 3.05) is 26.2 Å². The van der Waals surface area contributed by atoms with Gasteiger partial charge in [-0.3, -0.25) is 0 Å². The summed E-state index contributed by atoms with van der Waals surface area (Å²) in [5.41, 5.74) is 7.69. The van der Waals surface area contributed by atoms with Gasteiger partial charge in [0.15, 0.2) is 0 Å². The van der Waals surface area contributed by atoms with Gasteiger partial charge >= 0.3 is 6.09 Å². The molecule has 1 heterocycles. The van der Waals surface area contributed by atoms with Gasteiger partial charge in [-0.15, -0.1) is 0 Å². The van der Waals surface area contributed by atoms with Crippen molar-refractivity contribution in [3.63, 3.8) is 0 Å². The van der Waals surface area contributed by atoms with Crippen molar-refractivity contribution < 1.29 is 14.6 Å². The molecule has 1 aliphatic heterocycles. The number of carboxylic acid groups (broad SMARTS) is 1. The standard InChI is InChI=1S/C16H23ClN2O3/c1-11-4-5-13(17)9-14(11)15(22-8-6-18)12-3-2-7-19(10-12)16(20)21/h4-5,9,12,15H,2-3,6-8,10,18H2,1H3,(H,20,21)/t12?,15-/m1/s1. The lowest BCUT2D eigenvalue weighted by molar-refractivity contribution is -0.0101. The summed E-state index contributed by atoms with van der Waals surface area (Å²) in [4.78, 5) is 12.7.